The fourth-order valence-corrected chi connectivity index (χ4v) is 2.51. The second-order valence-electron chi connectivity index (χ2n) is 5.00. The molecule has 2 fully saturated rings. The van der Waals surface area contributed by atoms with E-state index in [1.807, 2.05) is 0 Å². The van der Waals surface area contributed by atoms with Crippen molar-refractivity contribution in [1.82, 2.24) is 5.32 Å². The van der Waals surface area contributed by atoms with Crippen LogP contribution < -0.4 is 10.2 Å². The molecule has 2 saturated heterocycles. The molecule has 0 aliphatic carbocycles. The van der Waals surface area contributed by atoms with Crippen LogP contribution in [0.5, 0.6) is 0 Å². The Morgan fingerprint density at radius 1 is 1.06 bits per heavy atom. The third kappa shape index (κ3) is 1.78. The van der Waals surface area contributed by atoms with Gasteiger partial charge in [-0.15, -0.1) is 0 Å². The van der Waals surface area contributed by atoms with Crippen molar-refractivity contribution in [3.8, 4) is 0 Å². The van der Waals surface area contributed by atoms with Gasteiger partial charge in [0, 0.05) is 37.3 Å². The number of alkyl halides is 3. The maximum atomic E-state index is 12.4. The molecule has 0 radical (unpaired) electrons. The molecule has 0 amide bonds. The van der Waals surface area contributed by atoms with Crippen molar-refractivity contribution in [3.05, 3.63) is 29.8 Å². The van der Waals surface area contributed by atoms with Crippen molar-refractivity contribution in [2.24, 2.45) is 5.41 Å². The molecule has 1 N–H and O–H groups in total. The standard InChI is InChI=1S/C12H13F3N2/c13-12(14,15)9-1-3-10(4-2-9)17-7-11(8-17)5-16-6-11/h1-4,16H,5-8H2. The molecule has 0 atom stereocenters. The fourth-order valence-electron chi connectivity index (χ4n) is 2.51. The molecule has 2 heterocycles. The minimum absolute atomic E-state index is 0.392. The predicted molar refractivity (Wildman–Crippen MR) is 59.0 cm³/mol. The number of nitrogens with one attached hydrogen (secondary N) is 1. The number of benzene rings is 1. The van der Waals surface area contributed by atoms with Crippen molar-refractivity contribution in [2.75, 3.05) is 31.1 Å². The first kappa shape index (κ1) is 10.9. The van der Waals surface area contributed by atoms with Gasteiger partial charge in [0.05, 0.1) is 5.56 Å². The van der Waals surface area contributed by atoms with Gasteiger partial charge in [-0.25, -0.2) is 0 Å². The molecular formula is C12H13F3N2. The SMILES string of the molecule is FC(F)(F)c1ccc(N2CC3(CNC3)C2)cc1. The van der Waals surface area contributed by atoms with Crippen LogP contribution in [0.3, 0.4) is 0 Å². The van der Waals surface area contributed by atoms with Gasteiger partial charge in [-0.1, -0.05) is 0 Å². The first-order valence-corrected chi connectivity index (χ1v) is 5.62. The molecule has 0 aromatic heterocycles. The highest BCUT2D eigenvalue weighted by Gasteiger charge is 2.47. The van der Waals surface area contributed by atoms with Gasteiger partial charge in [0.1, 0.15) is 0 Å². The molecular weight excluding hydrogens is 229 g/mol. The van der Waals surface area contributed by atoms with E-state index in [2.05, 4.69) is 10.2 Å². The van der Waals surface area contributed by atoms with E-state index in [0.29, 0.717) is 5.41 Å². The van der Waals surface area contributed by atoms with Gasteiger partial charge in [-0.3, -0.25) is 0 Å². The third-order valence-electron chi connectivity index (χ3n) is 3.61. The van der Waals surface area contributed by atoms with Gasteiger partial charge in [-0.2, -0.15) is 13.2 Å². The maximum Gasteiger partial charge on any atom is 0.416 e. The highest BCUT2D eigenvalue weighted by molar-refractivity contribution is 5.51. The Labute approximate surface area is 97.4 Å². The zero-order valence-electron chi connectivity index (χ0n) is 9.22. The molecule has 2 nitrogen and oxygen atoms in total. The lowest BCUT2D eigenvalue weighted by molar-refractivity contribution is -0.137. The largest absolute Gasteiger partial charge is 0.416 e. The molecule has 2 aliphatic heterocycles. The van der Waals surface area contributed by atoms with Gasteiger partial charge < -0.3 is 10.2 Å². The normalized spacial score (nSPS) is 22.2. The second kappa shape index (κ2) is 3.38. The van der Waals surface area contributed by atoms with E-state index in [0.717, 1.165) is 44.0 Å². The Morgan fingerprint density at radius 2 is 1.65 bits per heavy atom. The molecule has 1 aromatic rings. The highest BCUT2D eigenvalue weighted by Crippen LogP contribution is 2.38. The Kier molecular flexibility index (Phi) is 2.17. The van der Waals surface area contributed by atoms with Gasteiger partial charge in [-0.05, 0) is 24.3 Å². The summed E-state index contributed by atoms with van der Waals surface area (Å²) in [7, 11) is 0. The summed E-state index contributed by atoms with van der Waals surface area (Å²) in [6, 6.07) is 5.42. The van der Waals surface area contributed by atoms with Gasteiger partial charge in [0.15, 0.2) is 0 Å². The van der Waals surface area contributed by atoms with E-state index < -0.39 is 11.7 Å². The molecule has 5 heteroatoms. The van der Waals surface area contributed by atoms with E-state index in [-0.39, 0.29) is 0 Å². The third-order valence-corrected chi connectivity index (χ3v) is 3.61. The lowest BCUT2D eigenvalue weighted by atomic mass is 9.74. The van der Waals surface area contributed by atoms with Gasteiger partial charge >= 0.3 is 6.18 Å². The Bertz CT molecular complexity index is 412. The molecule has 0 unspecified atom stereocenters. The van der Waals surface area contributed by atoms with Gasteiger partial charge in [0.25, 0.3) is 0 Å². The van der Waals surface area contributed by atoms with Crippen molar-refractivity contribution < 1.29 is 13.2 Å². The summed E-state index contributed by atoms with van der Waals surface area (Å²) in [4.78, 5) is 2.13. The topological polar surface area (TPSA) is 15.3 Å². The second-order valence-corrected chi connectivity index (χ2v) is 5.00. The Morgan fingerprint density at radius 3 is 2.06 bits per heavy atom. The maximum absolute atomic E-state index is 12.4. The van der Waals surface area contributed by atoms with Crippen LogP contribution in [0.4, 0.5) is 18.9 Å². The van der Waals surface area contributed by atoms with Crippen molar-refractivity contribution >= 4 is 5.69 Å². The number of hydrogen-bond acceptors (Lipinski definition) is 2. The number of halogens is 3. The first-order valence-electron chi connectivity index (χ1n) is 5.62. The molecule has 1 spiro atoms. The van der Waals surface area contributed by atoms with E-state index in [1.54, 1.807) is 12.1 Å². The van der Waals surface area contributed by atoms with Crippen LogP contribution in [-0.4, -0.2) is 26.2 Å². The lowest BCUT2D eigenvalue weighted by Crippen LogP contribution is -2.71. The first-order chi connectivity index (χ1) is 7.99. The zero-order chi connectivity index (χ0) is 12.1. The summed E-state index contributed by atoms with van der Waals surface area (Å²) in [6.07, 6.45) is -4.24. The number of nitrogens with zero attached hydrogens (tertiary/aromatic N) is 1. The quantitative estimate of drug-likeness (QED) is 0.811. The van der Waals surface area contributed by atoms with Crippen LogP contribution in [0.1, 0.15) is 5.56 Å². The van der Waals surface area contributed by atoms with E-state index in [4.69, 9.17) is 0 Å². The molecule has 0 saturated carbocycles. The van der Waals surface area contributed by atoms with Crippen LogP contribution in [0.2, 0.25) is 0 Å². The number of hydrogen-bond donors (Lipinski definition) is 1. The van der Waals surface area contributed by atoms with Crippen LogP contribution >= 0.6 is 0 Å². The number of rotatable bonds is 1. The molecule has 17 heavy (non-hydrogen) atoms. The summed E-state index contributed by atoms with van der Waals surface area (Å²) in [5.74, 6) is 0. The van der Waals surface area contributed by atoms with E-state index >= 15 is 0 Å². The Balaban J connectivity index is 1.69. The van der Waals surface area contributed by atoms with Gasteiger partial charge in [0.2, 0.25) is 0 Å². The molecule has 2 aliphatic rings. The van der Waals surface area contributed by atoms with Crippen LogP contribution in [0.15, 0.2) is 24.3 Å². The summed E-state index contributed by atoms with van der Waals surface area (Å²) < 4.78 is 37.1. The highest BCUT2D eigenvalue weighted by atomic mass is 19.4. The van der Waals surface area contributed by atoms with Crippen molar-refractivity contribution in [2.45, 2.75) is 6.18 Å². The fraction of sp³-hybridized carbons (Fsp3) is 0.500. The van der Waals surface area contributed by atoms with E-state index in [1.165, 1.54) is 0 Å². The summed E-state index contributed by atoms with van der Waals surface area (Å²) in [5.41, 5.74) is 0.695. The summed E-state index contributed by atoms with van der Waals surface area (Å²) >= 11 is 0. The average Bonchev–Trinajstić information content (AvgIpc) is 2.12. The van der Waals surface area contributed by atoms with Crippen molar-refractivity contribution in [1.29, 1.82) is 0 Å². The summed E-state index contributed by atoms with van der Waals surface area (Å²) in [5, 5.41) is 3.23. The van der Waals surface area contributed by atoms with E-state index in [9.17, 15) is 13.2 Å². The zero-order valence-corrected chi connectivity index (χ0v) is 9.22. The number of anilines is 1. The predicted octanol–water partition coefficient (Wildman–Crippen LogP) is 2.11. The lowest BCUT2D eigenvalue weighted by Gasteiger charge is -2.57. The van der Waals surface area contributed by atoms with Crippen molar-refractivity contribution in [3.63, 3.8) is 0 Å². The minimum atomic E-state index is -4.24. The molecule has 1 aromatic carbocycles. The van der Waals surface area contributed by atoms with Crippen LogP contribution in [0, 0.1) is 5.41 Å². The monoisotopic (exact) mass is 242 g/mol. The van der Waals surface area contributed by atoms with Crippen LogP contribution in [0.25, 0.3) is 0 Å². The average molecular weight is 242 g/mol. The molecule has 3 rings (SSSR count). The molecule has 92 valence electrons. The van der Waals surface area contributed by atoms with Crippen LogP contribution in [-0.2, 0) is 6.18 Å². The minimum Gasteiger partial charge on any atom is -0.370 e. The Hall–Kier alpha value is -1.23. The summed E-state index contributed by atoms with van der Waals surface area (Å²) in [6.45, 7) is 3.96. The smallest absolute Gasteiger partial charge is 0.370 e. The molecule has 0 bridgehead atoms.